The van der Waals surface area contributed by atoms with E-state index < -0.39 is 0 Å². The molecule has 2 saturated heterocycles. The molecule has 0 amide bonds. The van der Waals surface area contributed by atoms with Crippen LogP contribution in [0.1, 0.15) is 34.1 Å². The lowest BCUT2D eigenvalue weighted by atomic mass is 10.0. The second-order valence-corrected chi connectivity index (χ2v) is 6.79. The van der Waals surface area contributed by atoms with Gasteiger partial charge < -0.3 is 5.32 Å². The summed E-state index contributed by atoms with van der Waals surface area (Å²) in [6.07, 6.45) is 1.35. The fraction of sp³-hybridized carbons (Fsp3) is 1.00. The van der Waals surface area contributed by atoms with Crippen LogP contribution in [0, 0.1) is 5.92 Å². The molecular weight excluding hydrogens is 210 g/mol. The number of piperazine rings is 1. The van der Waals surface area contributed by atoms with Gasteiger partial charge in [0, 0.05) is 44.3 Å². The van der Waals surface area contributed by atoms with Crippen LogP contribution in [-0.4, -0.2) is 60.6 Å². The average molecular weight is 239 g/mol. The molecule has 0 aromatic heterocycles. The Balaban J connectivity index is 1.76. The molecule has 0 spiro atoms. The van der Waals surface area contributed by atoms with Crippen LogP contribution in [-0.2, 0) is 0 Å². The fourth-order valence-electron chi connectivity index (χ4n) is 3.02. The van der Waals surface area contributed by atoms with E-state index in [2.05, 4.69) is 42.8 Å². The summed E-state index contributed by atoms with van der Waals surface area (Å²) >= 11 is 0. The quantitative estimate of drug-likeness (QED) is 0.786. The molecule has 2 aliphatic rings. The van der Waals surface area contributed by atoms with E-state index in [0.717, 1.165) is 12.0 Å². The Morgan fingerprint density at radius 3 is 2.24 bits per heavy atom. The number of hydrogen-bond donors (Lipinski definition) is 1. The van der Waals surface area contributed by atoms with Crippen molar-refractivity contribution in [3.05, 3.63) is 0 Å². The first-order chi connectivity index (χ1) is 7.97. The highest BCUT2D eigenvalue weighted by molar-refractivity contribution is 4.87. The van der Waals surface area contributed by atoms with Gasteiger partial charge in [0.05, 0.1) is 0 Å². The minimum absolute atomic E-state index is 0.338. The van der Waals surface area contributed by atoms with Gasteiger partial charge >= 0.3 is 0 Å². The highest BCUT2D eigenvalue weighted by Crippen LogP contribution is 2.19. The lowest BCUT2D eigenvalue weighted by Crippen LogP contribution is -2.55. The summed E-state index contributed by atoms with van der Waals surface area (Å²) in [5.41, 5.74) is 0.338. The third-order valence-electron chi connectivity index (χ3n) is 4.47. The second-order valence-electron chi connectivity index (χ2n) is 6.79. The molecule has 2 heterocycles. The zero-order chi connectivity index (χ0) is 12.5. The molecule has 2 fully saturated rings. The molecule has 3 heteroatoms. The van der Waals surface area contributed by atoms with Gasteiger partial charge in [-0.25, -0.2) is 0 Å². The van der Waals surface area contributed by atoms with Gasteiger partial charge in [0.15, 0.2) is 0 Å². The molecule has 2 aliphatic heterocycles. The van der Waals surface area contributed by atoms with Crippen LogP contribution < -0.4 is 5.32 Å². The van der Waals surface area contributed by atoms with E-state index in [1.54, 1.807) is 0 Å². The molecule has 1 N–H and O–H groups in total. The molecule has 0 aromatic rings. The maximum absolute atomic E-state index is 3.64. The zero-order valence-electron chi connectivity index (χ0n) is 12.0. The Morgan fingerprint density at radius 1 is 1.12 bits per heavy atom. The van der Waals surface area contributed by atoms with Crippen molar-refractivity contribution in [3.63, 3.8) is 0 Å². The molecule has 0 radical (unpaired) electrons. The summed E-state index contributed by atoms with van der Waals surface area (Å²) in [6.45, 7) is 16.7. The van der Waals surface area contributed by atoms with Crippen LogP contribution in [0.3, 0.4) is 0 Å². The maximum atomic E-state index is 3.64. The van der Waals surface area contributed by atoms with Gasteiger partial charge in [0.1, 0.15) is 0 Å². The molecular formula is C14H29N3. The standard InChI is InChI=1S/C14H29N3/c1-12-5-6-15-13(12)11-16-7-9-17(10-8-16)14(2,3)4/h12-13,15H,5-11H2,1-4H3. The maximum Gasteiger partial charge on any atom is 0.0221 e. The van der Waals surface area contributed by atoms with Crippen LogP contribution in [0.25, 0.3) is 0 Å². The largest absolute Gasteiger partial charge is 0.312 e. The molecule has 2 unspecified atom stereocenters. The van der Waals surface area contributed by atoms with Crippen LogP contribution in [0.5, 0.6) is 0 Å². The van der Waals surface area contributed by atoms with Crippen LogP contribution in [0.15, 0.2) is 0 Å². The minimum atomic E-state index is 0.338. The summed E-state index contributed by atoms with van der Waals surface area (Å²) in [5, 5.41) is 3.64. The van der Waals surface area contributed by atoms with Crippen molar-refractivity contribution in [1.29, 1.82) is 0 Å². The van der Waals surface area contributed by atoms with Crippen molar-refractivity contribution in [1.82, 2.24) is 15.1 Å². The predicted molar refractivity (Wildman–Crippen MR) is 73.3 cm³/mol. The SMILES string of the molecule is CC1CCNC1CN1CCN(C(C)(C)C)CC1. The first kappa shape index (κ1) is 13.3. The summed E-state index contributed by atoms with van der Waals surface area (Å²) in [7, 11) is 0. The fourth-order valence-corrected chi connectivity index (χ4v) is 3.02. The molecule has 3 nitrogen and oxygen atoms in total. The van der Waals surface area contributed by atoms with E-state index in [1.807, 2.05) is 0 Å². The van der Waals surface area contributed by atoms with Crippen molar-refractivity contribution in [2.24, 2.45) is 5.92 Å². The van der Waals surface area contributed by atoms with Crippen molar-refractivity contribution >= 4 is 0 Å². The molecule has 2 rings (SSSR count). The van der Waals surface area contributed by atoms with Crippen molar-refractivity contribution < 1.29 is 0 Å². The summed E-state index contributed by atoms with van der Waals surface area (Å²) in [6, 6.07) is 0.733. The van der Waals surface area contributed by atoms with E-state index >= 15 is 0 Å². The monoisotopic (exact) mass is 239 g/mol. The minimum Gasteiger partial charge on any atom is -0.312 e. The Hall–Kier alpha value is -0.120. The van der Waals surface area contributed by atoms with E-state index in [-0.39, 0.29) is 0 Å². The van der Waals surface area contributed by atoms with E-state index in [9.17, 15) is 0 Å². The predicted octanol–water partition coefficient (Wildman–Crippen LogP) is 1.40. The Bertz CT molecular complexity index is 238. The first-order valence-electron chi connectivity index (χ1n) is 7.17. The summed E-state index contributed by atoms with van der Waals surface area (Å²) in [5.74, 6) is 0.857. The molecule has 0 aromatic carbocycles. The molecule has 0 saturated carbocycles. The Labute approximate surface area is 107 Å². The molecule has 0 aliphatic carbocycles. The van der Waals surface area contributed by atoms with Crippen molar-refractivity contribution in [2.45, 2.75) is 45.7 Å². The molecule has 2 atom stereocenters. The first-order valence-corrected chi connectivity index (χ1v) is 7.17. The number of nitrogens with one attached hydrogen (secondary N) is 1. The number of rotatable bonds is 2. The third kappa shape index (κ3) is 3.43. The van der Waals surface area contributed by atoms with Gasteiger partial charge in [-0.1, -0.05) is 6.92 Å². The molecule has 0 bridgehead atoms. The van der Waals surface area contributed by atoms with Gasteiger partial charge in [-0.3, -0.25) is 9.80 Å². The Kier molecular flexibility index (Phi) is 4.11. The normalized spacial score (nSPS) is 33.2. The van der Waals surface area contributed by atoms with Gasteiger partial charge in [0.25, 0.3) is 0 Å². The zero-order valence-corrected chi connectivity index (χ0v) is 12.0. The van der Waals surface area contributed by atoms with Crippen LogP contribution in [0.2, 0.25) is 0 Å². The van der Waals surface area contributed by atoms with Gasteiger partial charge in [-0.05, 0) is 39.7 Å². The second kappa shape index (κ2) is 5.25. The van der Waals surface area contributed by atoms with Crippen molar-refractivity contribution in [3.8, 4) is 0 Å². The average Bonchev–Trinajstić information content (AvgIpc) is 2.64. The van der Waals surface area contributed by atoms with Crippen molar-refractivity contribution in [2.75, 3.05) is 39.3 Å². The number of hydrogen-bond acceptors (Lipinski definition) is 3. The Morgan fingerprint density at radius 2 is 1.76 bits per heavy atom. The molecule has 17 heavy (non-hydrogen) atoms. The summed E-state index contributed by atoms with van der Waals surface area (Å²) < 4.78 is 0. The topological polar surface area (TPSA) is 18.5 Å². The smallest absolute Gasteiger partial charge is 0.0221 e. The van der Waals surface area contributed by atoms with E-state index in [0.29, 0.717) is 5.54 Å². The van der Waals surface area contributed by atoms with Gasteiger partial charge in [-0.15, -0.1) is 0 Å². The van der Waals surface area contributed by atoms with Crippen LogP contribution in [0.4, 0.5) is 0 Å². The van der Waals surface area contributed by atoms with E-state index in [1.165, 1.54) is 45.7 Å². The highest BCUT2D eigenvalue weighted by atomic mass is 15.3. The van der Waals surface area contributed by atoms with E-state index in [4.69, 9.17) is 0 Å². The number of nitrogens with zero attached hydrogens (tertiary/aromatic N) is 2. The summed E-state index contributed by atoms with van der Waals surface area (Å²) in [4.78, 5) is 5.25. The van der Waals surface area contributed by atoms with Gasteiger partial charge in [0.2, 0.25) is 0 Å². The lowest BCUT2D eigenvalue weighted by molar-refractivity contribution is 0.0571. The molecule has 100 valence electrons. The van der Waals surface area contributed by atoms with Gasteiger partial charge in [-0.2, -0.15) is 0 Å². The lowest BCUT2D eigenvalue weighted by Gasteiger charge is -2.43. The van der Waals surface area contributed by atoms with Crippen LogP contribution >= 0.6 is 0 Å². The third-order valence-corrected chi connectivity index (χ3v) is 4.47. The highest BCUT2D eigenvalue weighted by Gasteiger charge is 2.29.